The van der Waals surface area contributed by atoms with E-state index in [0.717, 1.165) is 42.3 Å². The third-order valence-electron chi connectivity index (χ3n) is 9.99. The standard InChI is InChI=1S/C33H52O2/c1-3-5-6-8-26-11-15-28(16-12-26)30-21-23-32(24-22-30)35-33(34)31-19-17-29(18-20-31)27-13-9-25(7-4-2)10-14-27/h21-29,31H,3-20H2,1-2H3/t25-,26-,27-,28-,29-,31-. The number of ether oxygens (including phenoxy) is 1. The molecule has 2 nitrogen and oxygen atoms in total. The van der Waals surface area contributed by atoms with Gasteiger partial charge in [-0.3, -0.25) is 4.79 Å². The zero-order valence-corrected chi connectivity index (χ0v) is 22.8. The lowest BCUT2D eigenvalue weighted by molar-refractivity contribution is -0.140. The van der Waals surface area contributed by atoms with Crippen LogP contribution in [0.15, 0.2) is 24.3 Å². The largest absolute Gasteiger partial charge is 0.426 e. The molecule has 3 aliphatic rings. The Hall–Kier alpha value is -1.31. The Morgan fingerprint density at radius 3 is 1.86 bits per heavy atom. The summed E-state index contributed by atoms with van der Waals surface area (Å²) in [4.78, 5) is 12.9. The van der Waals surface area contributed by atoms with Crippen LogP contribution in [0.25, 0.3) is 0 Å². The number of carbonyl (C=O) groups excluding carboxylic acids is 1. The molecule has 0 amide bonds. The fourth-order valence-corrected chi connectivity index (χ4v) is 7.66. The van der Waals surface area contributed by atoms with Crippen LogP contribution in [0.2, 0.25) is 0 Å². The maximum Gasteiger partial charge on any atom is 0.314 e. The number of hydrogen-bond acceptors (Lipinski definition) is 2. The Morgan fingerprint density at radius 2 is 1.26 bits per heavy atom. The maximum atomic E-state index is 12.9. The summed E-state index contributed by atoms with van der Waals surface area (Å²) in [6, 6.07) is 8.52. The zero-order valence-electron chi connectivity index (χ0n) is 22.8. The minimum atomic E-state index is 0.00967. The summed E-state index contributed by atoms with van der Waals surface area (Å²) in [6.45, 7) is 4.62. The van der Waals surface area contributed by atoms with Gasteiger partial charge in [0.1, 0.15) is 5.75 Å². The van der Waals surface area contributed by atoms with Crippen LogP contribution in [-0.4, -0.2) is 5.97 Å². The molecule has 0 saturated heterocycles. The number of esters is 1. The van der Waals surface area contributed by atoms with E-state index >= 15 is 0 Å². The molecule has 35 heavy (non-hydrogen) atoms. The first kappa shape index (κ1) is 26.7. The average molecular weight is 481 g/mol. The van der Waals surface area contributed by atoms with Crippen molar-refractivity contribution in [3.63, 3.8) is 0 Å². The van der Waals surface area contributed by atoms with E-state index < -0.39 is 0 Å². The Bertz CT molecular complexity index is 729. The predicted molar refractivity (Wildman–Crippen MR) is 147 cm³/mol. The molecule has 0 atom stereocenters. The van der Waals surface area contributed by atoms with Gasteiger partial charge in [0.2, 0.25) is 0 Å². The summed E-state index contributed by atoms with van der Waals surface area (Å²) in [6.07, 6.45) is 24.0. The molecule has 0 radical (unpaired) electrons. The van der Waals surface area contributed by atoms with Gasteiger partial charge >= 0.3 is 5.97 Å². The van der Waals surface area contributed by atoms with E-state index in [2.05, 4.69) is 26.0 Å². The van der Waals surface area contributed by atoms with E-state index in [1.807, 2.05) is 12.1 Å². The van der Waals surface area contributed by atoms with Crippen molar-refractivity contribution in [2.45, 2.75) is 135 Å². The molecule has 0 heterocycles. The van der Waals surface area contributed by atoms with Crippen LogP contribution < -0.4 is 4.74 Å². The molecule has 2 heteroatoms. The van der Waals surface area contributed by atoms with Gasteiger partial charge < -0.3 is 4.74 Å². The average Bonchev–Trinajstić information content (AvgIpc) is 2.90. The molecule has 0 N–H and O–H groups in total. The zero-order chi connectivity index (χ0) is 24.5. The van der Waals surface area contributed by atoms with Crippen molar-refractivity contribution < 1.29 is 9.53 Å². The van der Waals surface area contributed by atoms with E-state index in [9.17, 15) is 4.79 Å². The summed E-state index contributed by atoms with van der Waals surface area (Å²) < 4.78 is 5.85. The Labute approximate surface area is 216 Å². The van der Waals surface area contributed by atoms with Crippen LogP contribution in [0.4, 0.5) is 0 Å². The molecular formula is C33H52O2. The van der Waals surface area contributed by atoms with Crippen molar-refractivity contribution in [3.8, 4) is 5.75 Å². The Kier molecular flexibility index (Phi) is 10.6. The normalized spacial score (nSPS) is 31.7. The van der Waals surface area contributed by atoms with Gasteiger partial charge in [0, 0.05) is 0 Å². The molecule has 0 aliphatic heterocycles. The molecule has 4 rings (SSSR count). The Morgan fingerprint density at radius 1 is 0.686 bits per heavy atom. The van der Waals surface area contributed by atoms with Crippen LogP contribution >= 0.6 is 0 Å². The summed E-state index contributed by atoms with van der Waals surface area (Å²) in [7, 11) is 0. The molecule has 3 aliphatic carbocycles. The highest BCUT2D eigenvalue weighted by Gasteiger charge is 2.33. The first-order valence-electron chi connectivity index (χ1n) is 15.5. The first-order valence-corrected chi connectivity index (χ1v) is 15.5. The molecule has 0 unspecified atom stereocenters. The highest BCUT2D eigenvalue weighted by Crippen LogP contribution is 2.43. The molecule has 0 bridgehead atoms. The lowest BCUT2D eigenvalue weighted by Crippen LogP contribution is -2.30. The predicted octanol–water partition coefficient (Wildman–Crippen LogP) is 9.86. The first-order chi connectivity index (χ1) is 17.2. The minimum Gasteiger partial charge on any atom is -0.426 e. The van der Waals surface area contributed by atoms with Crippen LogP contribution in [0.3, 0.4) is 0 Å². The van der Waals surface area contributed by atoms with Gasteiger partial charge in [-0.15, -0.1) is 0 Å². The number of unbranched alkanes of at least 4 members (excludes halogenated alkanes) is 2. The van der Waals surface area contributed by atoms with Crippen molar-refractivity contribution in [1.82, 2.24) is 0 Å². The van der Waals surface area contributed by atoms with Crippen LogP contribution in [0.1, 0.15) is 141 Å². The van der Waals surface area contributed by atoms with Crippen LogP contribution in [0, 0.1) is 29.6 Å². The summed E-state index contributed by atoms with van der Waals surface area (Å²) >= 11 is 0. The molecule has 196 valence electrons. The fraction of sp³-hybridized carbons (Fsp3) is 0.788. The van der Waals surface area contributed by atoms with Crippen molar-refractivity contribution >= 4 is 5.97 Å². The minimum absolute atomic E-state index is 0.00967. The second kappa shape index (κ2) is 13.8. The number of carbonyl (C=O) groups is 1. The molecule has 3 fully saturated rings. The van der Waals surface area contributed by atoms with E-state index in [1.54, 1.807) is 0 Å². The SMILES string of the molecule is CCCCC[C@H]1CC[C@H](c2ccc(OC(=O)[C@H]3CC[C@H]([C@H]4CC[C@H](CCC)CC4)CC3)cc2)CC1. The smallest absolute Gasteiger partial charge is 0.314 e. The second-order valence-corrected chi connectivity index (χ2v) is 12.4. The van der Waals surface area contributed by atoms with Crippen molar-refractivity contribution in [2.75, 3.05) is 0 Å². The second-order valence-electron chi connectivity index (χ2n) is 12.4. The van der Waals surface area contributed by atoms with Crippen molar-refractivity contribution in [3.05, 3.63) is 29.8 Å². The lowest BCUT2D eigenvalue weighted by atomic mass is 9.69. The highest BCUT2D eigenvalue weighted by molar-refractivity contribution is 5.75. The number of rotatable bonds is 10. The topological polar surface area (TPSA) is 26.3 Å². The molecule has 0 aromatic heterocycles. The summed E-state index contributed by atoms with van der Waals surface area (Å²) in [5, 5.41) is 0. The third kappa shape index (κ3) is 7.83. The van der Waals surface area contributed by atoms with Gasteiger partial charge in [0.25, 0.3) is 0 Å². The van der Waals surface area contributed by atoms with E-state index in [-0.39, 0.29) is 11.9 Å². The van der Waals surface area contributed by atoms with Crippen molar-refractivity contribution in [1.29, 1.82) is 0 Å². The van der Waals surface area contributed by atoms with Gasteiger partial charge in [0.15, 0.2) is 0 Å². The van der Waals surface area contributed by atoms with Gasteiger partial charge in [-0.25, -0.2) is 0 Å². The quantitative estimate of drug-likeness (QED) is 0.189. The van der Waals surface area contributed by atoms with E-state index in [1.165, 1.54) is 108 Å². The third-order valence-corrected chi connectivity index (χ3v) is 9.99. The summed E-state index contributed by atoms with van der Waals surface area (Å²) in [5.74, 6) is 5.24. The molecule has 1 aromatic rings. The van der Waals surface area contributed by atoms with Crippen LogP contribution in [-0.2, 0) is 4.79 Å². The highest BCUT2D eigenvalue weighted by atomic mass is 16.5. The molecule has 3 saturated carbocycles. The van der Waals surface area contributed by atoms with Gasteiger partial charge in [-0.05, 0) is 111 Å². The lowest BCUT2D eigenvalue weighted by Gasteiger charge is -2.37. The molecular weight excluding hydrogens is 428 g/mol. The van der Waals surface area contributed by atoms with Gasteiger partial charge in [0.05, 0.1) is 5.92 Å². The van der Waals surface area contributed by atoms with E-state index in [4.69, 9.17) is 4.74 Å². The summed E-state index contributed by atoms with van der Waals surface area (Å²) in [5.41, 5.74) is 1.44. The molecule has 0 spiro atoms. The van der Waals surface area contributed by atoms with E-state index in [0.29, 0.717) is 5.92 Å². The number of hydrogen-bond donors (Lipinski definition) is 0. The van der Waals surface area contributed by atoms with Gasteiger partial charge in [-0.2, -0.15) is 0 Å². The monoisotopic (exact) mass is 480 g/mol. The van der Waals surface area contributed by atoms with Crippen LogP contribution in [0.5, 0.6) is 5.75 Å². The van der Waals surface area contributed by atoms with Gasteiger partial charge in [-0.1, -0.05) is 77.3 Å². The van der Waals surface area contributed by atoms with Crippen molar-refractivity contribution in [2.24, 2.45) is 29.6 Å². The molecule has 1 aromatic carbocycles. The maximum absolute atomic E-state index is 12.9. The fourth-order valence-electron chi connectivity index (χ4n) is 7.66. The number of benzene rings is 1. The Balaban J connectivity index is 1.16.